The molecule has 26 heteroatoms. The molecule has 1 aliphatic heterocycles. The standard InChI is InChI=1S/C20H19F6N2O5P.2C7H17NO5/c1-12(13-7-15(19(21,22)23)9-16(8-13)20(24,25)26)33-11-18(14-5-3-2-4-6-14)10-28(17(29)27-18)34(30,31)32;2*1-8-2-4(10)6(12)7(13)5(11)3-9/h2-9,12H,10-11H2,1H3,(H,27,29)(H2,30,31,32);2*4-13H,2-3H2,1H3/t12-,18+;2*4-,5+,6+,7+/m000/s1. The largest absolute Gasteiger partial charge is 0.433 e. The summed E-state index contributed by atoms with van der Waals surface area (Å²) in [5.74, 6) is 0. The van der Waals surface area contributed by atoms with Crippen molar-refractivity contribution in [2.75, 3.05) is 53.6 Å². The summed E-state index contributed by atoms with van der Waals surface area (Å²) < 4.78 is 96.6. The number of amides is 2. The number of benzene rings is 2. The number of urea groups is 1. The number of hydrogen-bond acceptors (Lipinski definition) is 15. The topological polar surface area (TPSA) is 325 Å². The van der Waals surface area contributed by atoms with E-state index in [0.29, 0.717) is 17.7 Å². The van der Waals surface area contributed by atoms with Gasteiger partial charge in [0.05, 0.1) is 55.8 Å². The number of carbonyl (C=O) groups is 1. The van der Waals surface area contributed by atoms with E-state index < -0.39 is 130 Å². The summed E-state index contributed by atoms with van der Waals surface area (Å²) in [7, 11) is -1.86. The number of aliphatic hydroxyl groups is 10. The van der Waals surface area contributed by atoms with Crippen LogP contribution in [0.2, 0.25) is 0 Å². The summed E-state index contributed by atoms with van der Waals surface area (Å²) in [6.45, 7) is -0.963. The number of halogens is 6. The molecular weight excluding hydrogens is 849 g/mol. The molecule has 3 rings (SSSR count). The highest BCUT2D eigenvalue weighted by Crippen LogP contribution is 2.46. The number of rotatable bonds is 18. The molecule has 0 radical (unpaired) electrons. The highest BCUT2D eigenvalue weighted by atomic mass is 31.2. The number of ether oxygens (including phenoxy) is 1. The van der Waals surface area contributed by atoms with Crippen molar-refractivity contribution in [1.29, 1.82) is 0 Å². The Morgan fingerprint density at radius 3 is 1.48 bits per heavy atom. The Kier molecular flexibility index (Phi) is 21.9. The molecule has 2 aromatic carbocycles. The van der Waals surface area contributed by atoms with Gasteiger partial charge in [-0.2, -0.15) is 26.3 Å². The maximum absolute atomic E-state index is 13.2. The quantitative estimate of drug-likeness (QED) is 0.0574. The molecule has 346 valence electrons. The monoisotopic (exact) mass is 902 g/mol. The minimum atomic E-state index is -5.04. The SMILES string of the molecule is CNC[C@H](O)[C@@H](O)[C@H](O)[C@H](O)CO.CNC[C@H](O)[C@@H](O)[C@H](O)[C@H](O)CO.C[C@H](OC[C@@]1(c2ccccc2)CN(P(=O)(O)O)C(=O)N1)c1cc(C(F)(F)F)cc(C(F)(F)F)c1. The Morgan fingerprint density at radius 2 is 1.15 bits per heavy atom. The number of aliphatic hydroxyl groups excluding tert-OH is 10. The fraction of sp³-hybridized carbons (Fsp3) is 0.618. The average molecular weight is 903 g/mol. The normalized spacial score (nSPS) is 20.6. The van der Waals surface area contributed by atoms with Crippen LogP contribution in [0.25, 0.3) is 0 Å². The lowest BCUT2D eigenvalue weighted by Gasteiger charge is -2.31. The van der Waals surface area contributed by atoms with Crippen LogP contribution in [0, 0.1) is 0 Å². The van der Waals surface area contributed by atoms with Crippen LogP contribution in [0.4, 0.5) is 31.1 Å². The summed E-state index contributed by atoms with van der Waals surface area (Å²) in [6, 6.07) is 7.81. The van der Waals surface area contributed by atoms with Crippen molar-refractivity contribution in [3.63, 3.8) is 0 Å². The van der Waals surface area contributed by atoms with Gasteiger partial charge in [0.2, 0.25) is 0 Å². The van der Waals surface area contributed by atoms with Crippen LogP contribution in [0.1, 0.15) is 35.3 Å². The summed E-state index contributed by atoms with van der Waals surface area (Å²) in [6.07, 6.45) is -22.7. The maximum atomic E-state index is 13.2. The summed E-state index contributed by atoms with van der Waals surface area (Å²) >= 11 is 0. The highest BCUT2D eigenvalue weighted by molar-refractivity contribution is 7.50. The second kappa shape index (κ2) is 23.9. The van der Waals surface area contributed by atoms with E-state index in [4.69, 9.17) is 45.6 Å². The van der Waals surface area contributed by atoms with E-state index >= 15 is 0 Å². The van der Waals surface area contributed by atoms with Crippen molar-refractivity contribution in [3.8, 4) is 0 Å². The first-order valence-electron chi connectivity index (χ1n) is 17.7. The molecule has 1 heterocycles. The first kappa shape index (κ1) is 54.9. The van der Waals surface area contributed by atoms with Gasteiger partial charge in [-0.1, -0.05) is 30.3 Å². The van der Waals surface area contributed by atoms with Gasteiger partial charge in [-0.3, -0.25) is 0 Å². The molecule has 2 amide bonds. The number of nitrogens with zero attached hydrogens (tertiary/aromatic N) is 1. The number of carbonyl (C=O) groups excluding carboxylic acids is 1. The minimum absolute atomic E-state index is 0.00319. The molecule has 10 atom stereocenters. The van der Waals surface area contributed by atoms with E-state index in [0.717, 1.165) is 0 Å². The molecule has 15 N–H and O–H groups in total. The van der Waals surface area contributed by atoms with E-state index in [-0.39, 0.29) is 23.8 Å². The Labute approximate surface area is 339 Å². The van der Waals surface area contributed by atoms with E-state index in [1.807, 2.05) is 0 Å². The fourth-order valence-electron chi connectivity index (χ4n) is 5.30. The molecule has 1 aliphatic rings. The summed E-state index contributed by atoms with van der Waals surface area (Å²) in [4.78, 5) is 31.2. The van der Waals surface area contributed by atoms with Crippen LogP contribution in [0.5, 0.6) is 0 Å². The second-order valence-electron chi connectivity index (χ2n) is 13.5. The Bertz CT molecular complexity index is 1570. The van der Waals surface area contributed by atoms with Crippen molar-refractivity contribution in [2.24, 2.45) is 0 Å². The Hall–Kier alpha value is -3.08. The van der Waals surface area contributed by atoms with E-state index in [9.17, 15) is 55.7 Å². The first-order valence-corrected chi connectivity index (χ1v) is 19.3. The van der Waals surface area contributed by atoms with Crippen LogP contribution in [-0.2, 0) is 27.2 Å². The molecule has 19 nitrogen and oxygen atoms in total. The third-order valence-corrected chi connectivity index (χ3v) is 9.73. The fourth-order valence-corrected chi connectivity index (χ4v) is 6.01. The number of alkyl halides is 6. The van der Waals surface area contributed by atoms with Crippen LogP contribution >= 0.6 is 7.75 Å². The zero-order valence-electron chi connectivity index (χ0n) is 32.3. The molecule has 0 bridgehead atoms. The second-order valence-corrected chi connectivity index (χ2v) is 15.0. The Morgan fingerprint density at radius 1 is 0.750 bits per heavy atom. The molecule has 2 aromatic rings. The van der Waals surface area contributed by atoms with Crippen LogP contribution < -0.4 is 16.0 Å². The minimum Gasteiger partial charge on any atom is -0.394 e. The van der Waals surface area contributed by atoms with Crippen molar-refractivity contribution < 1.29 is 101 Å². The van der Waals surface area contributed by atoms with Crippen molar-refractivity contribution in [2.45, 2.75) is 79.8 Å². The van der Waals surface area contributed by atoms with Gasteiger partial charge in [0, 0.05) is 13.1 Å². The van der Waals surface area contributed by atoms with Crippen molar-refractivity contribution in [1.82, 2.24) is 20.6 Å². The van der Waals surface area contributed by atoms with Crippen LogP contribution in [0.3, 0.4) is 0 Å². The van der Waals surface area contributed by atoms with Crippen LogP contribution in [-0.4, -0.2) is 174 Å². The first-order chi connectivity index (χ1) is 27.6. The lowest BCUT2D eigenvalue weighted by molar-refractivity contribution is -0.143. The lowest BCUT2D eigenvalue weighted by atomic mass is 9.91. The molecule has 0 aromatic heterocycles. The zero-order chi connectivity index (χ0) is 46.4. The van der Waals surface area contributed by atoms with E-state index in [1.165, 1.54) is 19.1 Å². The van der Waals surface area contributed by atoms with Gasteiger partial charge in [-0.15, -0.1) is 0 Å². The number of hydrogen-bond donors (Lipinski definition) is 15. The molecule has 0 saturated carbocycles. The van der Waals surface area contributed by atoms with Crippen LogP contribution in [0.15, 0.2) is 48.5 Å². The smallest absolute Gasteiger partial charge is 0.394 e. The molecule has 0 aliphatic carbocycles. The highest BCUT2D eigenvalue weighted by Gasteiger charge is 2.50. The van der Waals surface area contributed by atoms with E-state index in [1.54, 1.807) is 32.3 Å². The van der Waals surface area contributed by atoms with Gasteiger partial charge in [0.25, 0.3) is 0 Å². The summed E-state index contributed by atoms with van der Waals surface area (Å²) in [5, 5.41) is 97.4. The Balaban J connectivity index is 0.000000569. The third kappa shape index (κ3) is 16.3. The molecule has 0 unspecified atom stereocenters. The van der Waals surface area contributed by atoms with Gasteiger partial charge in [0.15, 0.2) is 0 Å². The summed E-state index contributed by atoms with van der Waals surface area (Å²) in [5.41, 5.74) is -4.59. The number of likely N-dealkylation sites (N-methyl/N-ethyl adjacent to an activating group) is 2. The maximum Gasteiger partial charge on any atom is 0.433 e. The molecule has 0 spiro atoms. The molecular formula is C34H53F6N4O15P. The van der Waals surface area contributed by atoms with Gasteiger partial charge in [-0.05, 0) is 50.3 Å². The van der Waals surface area contributed by atoms with Gasteiger partial charge < -0.3 is 81.5 Å². The predicted molar refractivity (Wildman–Crippen MR) is 196 cm³/mol. The van der Waals surface area contributed by atoms with Gasteiger partial charge >= 0.3 is 26.1 Å². The van der Waals surface area contributed by atoms with Crippen molar-refractivity contribution in [3.05, 3.63) is 70.8 Å². The molecule has 1 fully saturated rings. The van der Waals surface area contributed by atoms with Gasteiger partial charge in [-0.25, -0.2) is 14.0 Å². The van der Waals surface area contributed by atoms with E-state index in [2.05, 4.69) is 16.0 Å². The predicted octanol–water partition coefficient (Wildman–Crippen LogP) is -1.90. The third-order valence-electron chi connectivity index (χ3n) is 8.78. The number of nitrogens with one attached hydrogen (secondary N) is 3. The zero-order valence-corrected chi connectivity index (χ0v) is 33.2. The van der Waals surface area contributed by atoms with Crippen molar-refractivity contribution >= 4 is 13.8 Å². The lowest BCUT2D eigenvalue weighted by Crippen LogP contribution is -2.48. The average Bonchev–Trinajstić information content (AvgIpc) is 3.56. The van der Waals surface area contributed by atoms with Gasteiger partial charge in [0.1, 0.15) is 42.2 Å². The molecule has 60 heavy (non-hydrogen) atoms. The molecule has 1 saturated heterocycles.